The minimum absolute atomic E-state index is 0.0313. The smallest absolute Gasteiger partial charge is 0.303 e. The molecule has 0 saturated carbocycles. The lowest BCUT2D eigenvalue weighted by atomic mass is 9.98. The number of carboxylic acids is 1. The molecule has 98 valence electrons. The van der Waals surface area contributed by atoms with Crippen molar-refractivity contribution in [3.05, 3.63) is 28.8 Å². The molecule has 0 aliphatic carbocycles. The molecule has 0 aliphatic heterocycles. The number of rotatable bonds is 6. The average molecular weight is 250 g/mol. The average Bonchev–Trinajstić information content (AvgIpc) is 2.30. The van der Waals surface area contributed by atoms with Crippen LogP contribution in [0.5, 0.6) is 5.75 Å². The Morgan fingerprint density at radius 1 is 1.17 bits per heavy atom. The number of hydrogen-bond donors (Lipinski definition) is 1. The SMILES string of the molecule is CCOc1cc(C)c(C(=O)CCC(=O)O)cc1C. The molecular formula is C14H18O4. The molecule has 4 nitrogen and oxygen atoms in total. The van der Waals surface area contributed by atoms with Crippen molar-refractivity contribution in [3.8, 4) is 5.75 Å². The summed E-state index contributed by atoms with van der Waals surface area (Å²) in [5, 5.41) is 8.58. The molecule has 1 N–H and O–H groups in total. The van der Waals surface area contributed by atoms with E-state index in [1.54, 1.807) is 6.07 Å². The molecule has 1 rings (SSSR count). The Kier molecular flexibility index (Phi) is 4.89. The van der Waals surface area contributed by atoms with Crippen molar-refractivity contribution in [1.29, 1.82) is 0 Å². The highest BCUT2D eigenvalue weighted by molar-refractivity contribution is 5.99. The third-order valence-corrected chi connectivity index (χ3v) is 2.69. The first-order valence-electron chi connectivity index (χ1n) is 5.94. The van der Waals surface area contributed by atoms with Crippen LogP contribution in [0.25, 0.3) is 0 Å². The van der Waals surface area contributed by atoms with Gasteiger partial charge in [0.05, 0.1) is 13.0 Å². The van der Waals surface area contributed by atoms with Crippen molar-refractivity contribution in [2.75, 3.05) is 6.61 Å². The summed E-state index contributed by atoms with van der Waals surface area (Å²) in [6.07, 6.45) is -0.103. The summed E-state index contributed by atoms with van der Waals surface area (Å²) in [6, 6.07) is 3.59. The van der Waals surface area contributed by atoms with Gasteiger partial charge in [0.1, 0.15) is 5.75 Å². The summed E-state index contributed by atoms with van der Waals surface area (Å²) >= 11 is 0. The Balaban J connectivity index is 2.93. The van der Waals surface area contributed by atoms with Crippen molar-refractivity contribution in [3.63, 3.8) is 0 Å². The van der Waals surface area contributed by atoms with Gasteiger partial charge in [-0.05, 0) is 44.0 Å². The maximum absolute atomic E-state index is 11.9. The van der Waals surface area contributed by atoms with Crippen LogP contribution >= 0.6 is 0 Å². The molecule has 0 atom stereocenters. The maximum Gasteiger partial charge on any atom is 0.303 e. The third kappa shape index (κ3) is 3.58. The second-order valence-electron chi connectivity index (χ2n) is 4.18. The van der Waals surface area contributed by atoms with E-state index in [0.29, 0.717) is 12.2 Å². The molecular weight excluding hydrogens is 232 g/mol. The zero-order valence-electron chi connectivity index (χ0n) is 10.9. The predicted molar refractivity (Wildman–Crippen MR) is 68.3 cm³/mol. The van der Waals surface area contributed by atoms with Gasteiger partial charge in [0.2, 0.25) is 0 Å². The molecule has 0 fully saturated rings. The summed E-state index contributed by atoms with van der Waals surface area (Å²) in [4.78, 5) is 22.3. The molecule has 0 saturated heterocycles. The van der Waals surface area contributed by atoms with E-state index in [1.165, 1.54) is 0 Å². The van der Waals surface area contributed by atoms with Crippen LogP contribution in [0, 0.1) is 13.8 Å². The van der Waals surface area contributed by atoms with E-state index in [2.05, 4.69) is 0 Å². The van der Waals surface area contributed by atoms with Crippen LogP contribution in [-0.4, -0.2) is 23.5 Å². The van der Waals surface area contributed by atoms with Crippen LogP contribution in [0.2, 0.25) is 0 Å². The number of ketones is 1. The van der Waals surface area contributed by atoms with E-state index >= 15 is 0 Å². The topological polar surface area (TPSA) is 63.6 Å². The van der Waals surface area contributed by atoms with Gasteiger partial charge in [0.25, 0.3) is 0 Å². The van der Waals surface area contributed by atoms with Crippen molar-refractivity contribution in [1.82, 2.24) is 0 Å². The fraction of sp³-hybridized carbons (Fsp3) is 0.429. The molecule has 0 radical (unpaired) electrons. The van der Waals surface area contributed by atoms with Gasteiger partial charge in [0, 0.05) is 12.0 Å². The monoisotopic (exact) mass is 250 g/mol. The van der Waals surface area contributed by atoms with Gasteiger partial charge >= 0.3 is 5.97 Å². The van der Waals surface area contributed by atoms with Crippen molar-refractivity contribution in [2.45, 2.75) is 33.6 Å². The second-order valence-corrected chi connectivity index (χ2v) is 4.18. The van der Waals surface area contributed by atoms with E-state index in [4.69, 9.17) is 9.84 Å². The van der Waals surface area contributed by atoms with Gasteiger partial charge in [-0.15, -0.1) is 0 Å². The molecule has 1 aromatic carbocycles. The Bertz CT molecular complexity index is 463. The second kappa shape index (κ2) is 6.19. The van der Waals surface area contributed by atoms with Crippen molar-refractivity contribution >= 4 is 11.8 Å². The molecule has 0 unspecified atom stereocenters. The zero-order valence-corrected chi connectivity index (χ0v) is 10.9. The molecule has 18 heavy (non-hydrogen) atoms. The van der Waals surface area contributed by atoms with E-state index < -0.39 is 5.97 Å². The highest BCUT2D eigenvalue weighted by Crippen LogP contribution is 2.24. The highest BCUT2D eigenvalue weighted by Gasteiger charge is 2.13. The lowest BCUT2D eigenvalue weighted by molar-refractivity contribution is -0.136. The first-order chi connectivity index (χ1) is 8.45. The van der Waals surface area contributed by atoms with Crippen LogP contribution in [0.1, 0.15) is 41.3 Å². The van der Waals surface area contributed by atoms with Gasteiger partial charge in [-0.1, -0.05) is 0 Å². The lowest BCUT2D eigenvalue weighted by Gasteiger charge is -2.11. The quantitative estimate of drug-likeness (QED) is 0.788. The summed E-state index contributed by atoms with van der Waals surface area (Å²) in [5.41, 5.74) is 2.29. The first kappa shape index (κ1) is 14.2. The number of aryl methyl sites for hydroxylation is 2. The number of carbonyl (C=O) groups excluding carboxylic acids is 1. The molecule has 1 aromatic rings. The van der Waals surface area contributed by atoms with E-state index in [9.17, 15) is 9.59 Å². The molecule has 0 aromatic heterocycles. The largest absolute Gasteiger partial charge is 0.494 e. The minimum Gasteiger partial charge on any atom is -0.494 e. The maximum atomic E-state index is 11.9. The summed E-state index contributed by atoms with van der Waals surface area (Å²) in [7, 11) is 0. The summed E-state index contributed by atoms with van der Waals surface area (Å²) in [6.45, 7) is 6.18. The van der Waals surface area contributed by atoms with Gasteiger partial charge in [0.15, 0.2) is 5.78 Å². The molecule has 0 heterocycles. The van der Waals surface area contributed by atoms with E-state index in [1.807, 2.05) is 26.8 Å². The van der Waals surface area contributed by atoms with Gasteiger partial charge < -0.3 is 9.84 Å². The minimum atomic E-state index is -0.955. The van der Waals surface area contributed by atoms with Crippen LogP contribution in [-0.2, 0) is 4.79 Å². The lowest BCUT2D eigenvalue weighted by Crippen LogP contribution is -2.07. The zero-order chi connectivity index (χ0) is 13.7. The van der Waals surface area contributed by atoms with Gasteiger partial charge in [-0.2, -0.15) is 0 Å². The van der Waals surface area contributed by atoms with Crippen LogP contribution in [0.4, 0.5) is 0 Å². The number of aliphatic carboxylic acids is 1. The molecule has 4 heteroatoms. The number of carbonyl (C=O) groups is 2. The van der Waals surface area contributed by atoms with Crippen LogP contribution in [0.3, 0.4) is 0 Å². The van der Waals surface area contributed by atoms with Crippen LogP contribution in [0.15, 0.2) is 12.1 Å². The molecule has 0 amide bonds. The fourth-order valence-corrected chi connectivity index (χ4v) is 1.76. The van der Waals surface area contributed by atoms with Crippen molar-refractivity contribution in [2.24, 2.45) is 0 Å². The van der Waals surface area contributed by atoms with Crippen LogP contribution < -0.4 is 4.74 Å². The predicted octanol–water partition coefficient (Wildman–Crippen LogP) is 2.75. The molecule has 0 aliphatic rings. The Morgan fingerprint density at radius 2 is 1.83 bits per heavy atom. The third-order valence-electron chi connectivity index (χ3n) is 2.69. The molecule has 0 bridgehead atoms. The Hall–Kier alpha value is -1.84. The summed E-state index contributed by atoms with van der Waals surface area (Å²) in [5.74, 6) is -0.325. The molecule has 0 spiro atoms. The standard InChI is InChI=1S/C14H18O4/c1-4-18-13-8-9(2)11(7-10(13)3)12(15)5-6-14(16)17/h7-8H,4-6H2,1-3H3,(H,16,17). The fourth-order valence-electron chi connectivity index (χ4n) is 1.76. The van der Waals surface area contributed by atoms with E-state index in [-0.39, 0.29) is 18.6 Å². The van der Waals surface area contributed by atoms with Gasteiger partial charge in [-0.25, -0.2) is 0 Å². The number of benzene rings is 1. The number of ether oxygens (including phenoxy) is 1. The number of carboxylic acid groups (broad SMARTS) is 1. The highest BCUT2D eigenvalue weighted by atomic mass is 16.5. The van der Waals surface area contributed by atoms with E-state index in [0.717, 1.165) is 16.9 Å². The van der Waals surface area contributed by atoms with Crippen molar-refractivity contribution < 1.29 is 19.4 Å². The number of Topliss-reactive ketones (excluding diaryl/α,β-unsaturated/α-hetero) is 1. The summed E-state index contributed by atoms with van der Waals surface area (Å²) < 4.78 is 5.44. The Labute approximate surface area is 107 Å². The van der Waals surface area contributed by atoms with Gasteiger partial charge in [-0.3, -0.25) is 9.59 Å². The Morgan fingerprint density at radius 3 is 2.39 bits per heavy atom. The normalized spacial score (nSPS) is 10.2. The first-order valence-corrected chi connectivity index (χ1v) is 5.94. The number of hydrogen-bond acceptors (Lipinski definition) is 3.